The molecule has 0 aliphatic carbocycles. The molecule has 0 unspecified atom stereocenters. The minimum absolute atomic E-state index is 0.0872. The van der Waals surface area contributed by atoms with Crippen molar-refractivity contribution in [3.05, 3.63) is 54.0 Å². The summed E-state index contributed by atoms with van der Waals surface area (Å²) in [5, 5.41) is 0. The van der Waals surface area contributed by atoms with Gasteiger partial charge in [0.2, 0.25) is 10.0 Å². The molecule has 0 saturated carbocycles. The number of hydrogen-bond acceptors (Lipinski definition) is 5. The molecule has 1 aromatic heterocycles. The first-order valence-electron chi connectivity index (χ1n) is 8.65. The lowest BCUT2D eigenvalue weighted by molar-refractivity contribution is 0.270. The molecule has 0 atom stereocenters. The third kappa shape index (κ3) is 4.57. The van der Waals surface area contributed by atoms with Gasteiger partial charge in [0, 0.05) is 38.9 Å². The van der Waals surface area contributed by atoms with E-state index < -0.39 is 15.8 Å². The van der Waals surface area contributed by atoms with E-state index in [0.29, 0.717) is 0 Å². The van der Waals surface area contributed by atoms with Gasteiger partial charge in [0.25, 0.3) is 0 Å². The SMILES string of the molecule is CCN1CCN(c2ccc(CNS(=O)(=O)c3cccc(F)c3)cn2)CC1. The average Bonchev–Trinajstić information content (AvgIpc) is 2.67. The highest BCUT2D eigenvalue weighted by Gasteiger charge is 2.17. The van der Waals surface area contributed by atoms with Crippen molar-refractivity contribution in [2.75, 3.05) is 37.6 Å². The van der Waals surface area contributed by atoms with E-state index in [2.05, 4.69) is 26.4 Å². The van der Waals surface area contributed by atoms with Gasteiger partial charge in [0.05, 0.1) is 4.90 Å². The van der Waals surface area contributed by atoms with E-state index in [1.807, 2.05) is 12.1 Å². The number of aromatic nitrogens is 1. The van der Waals surface area contributed by atoms with Gasteiger partial charge in [0.15, 0.2) is 0 Å². The summed E-state index contributed by atoms with van der Waals surface area (Å²) in [6.45, 7) is 7.24. The molecule has 8 heteroatoms. The van der Waals surface area contributed by atoms with Crippen molar-refractivity contribution in [3.8, 4) is 0 Å². The number of hydrogen-bond donors (Lipinski definition) is 1. The Labute approximate surface area is 153 Å². The molecule has 0 spiro atoms. The van der Waals surface area contributed by atoms with Crippen LogP contribution in [-0.2, 0) is 16.6 Å². The van der Waals surface area contributed by atoms with Gasteiger partial charge in [-0.3, -0.25) is 0 Å². The molecule has 1 aliphatic rings. The zero-order valence-corrected chi connectivity index (χ0v) is 15.5. The number of nitrogens with zero attached hydrogens (tertiary/aromatic N) is 3. The van der Waals surface area contributed by atoms with Gasteiger partial charge in [-0.2, -0.15) is 0 Å². The molecular weight excluding hydrogens is 355 g/mol. The van der Waals surface area contributed by atoms with Gasteiger partial charge < -0.3 is 9.80 Å². The van der Waals surface area contributed by atoms with Gasteiger partial charge >= 0.3 is 0 Å². The second kappa shape index (κ2) is 8.11. The van der Waals surface area contributed by atoms with Crippen LogP contribution in [0, 0.1) is 5.82 Å². The fraction of sp³-hybridized carbons (Fsp3) is 0.389. The zero-order valence-electron chi connectivity index (χ0n) is 14.7. The van der Waals surface area contributed by atoms with Crippen molar-refractivity contribution in [2.24, 2.45) is 0 Å². The van der Waals surface area contributed by atoms with Crippen LogP contribution >= 0.6 is 0 Å². The van der Waals surface area contributed by atoms with Crippen LogP contribution in [0.1, 0.15) is 12.5 Å². The highest BCUT2D eigenvalue weighted by molar-refractivity contribution is 7.89. The standard InChI is InChI=1S/C18H23FN4O2S/c1-2-22-8-10-23(11-9-22)18-7-6-15(13-20-18)14-21-26(24,25)17-5-3-4-16(19)12-17/h3-7,12-13,21H,2,8-11,14H2,1H3. The van der Waals surface area contributed by atoms with Crippen molar-refractivity contribution in [1.29, 1.82) is 0 Å². The minimum Gasteiger partial charge on any atom is -0.354 e. The van der Waals surface area contributed by atoms with Crippen LogP contribution < -0.4 is 9.62 Å². The Hall–Kier alpha value is -2.03. The highest BCUT2D eigenvalue weighted by Crippen LogP contribution is 2.15. The molecule has 0 radical (unpaired) electrons. The van der Waals surface area contributed by atoms with E-state index in [1.54, 1.807) is 6.20 Å². The van der Waals surface area contributed by atoms with Crippen LogP contribution in [0.3, 0.4) is 0 Å². The number of rotatable bonds is 6. The van der Waals surface area contributed by atoms with E-state index in [9.17, 15) is 12.8 Å². The van der Waals surface area contributed by atoms with Crippen LogP contribution in [0.4, 0.5) is 10.2 Å². The normalized spacial score (nSPS) is 16.0. The quantitative estimate of drug-likeness (QED) is 0.831. The molecule has 0 bridgehead atoms. The molecule has 1 N–H and O–H groups in total. The largest absolute Gasteiger partial charge is 0.354 e. The second-order valence-corrected chi connectivity index (χ2v) is 7.99. The van der Waals surface area contributed by atoms with Gasteiger partial charge in [-0.05, 0) is 36.4 Å². The van der Waals surface area contributed by atoms with Gasteiger partial charge in [0.1, 0.15) is 11.6 Å². The van der Waals surface area contributed by atoms with Crippen molar-refractivity contribution < 1.29 is 12.8 Å². The monoisotopic (exact) mass is 378 g/mol. The fourth-order valence-electron chi connectivity index (χ4n) is 2.90. The summed E-state index contributed by atoms with van der Waals surface area (Å²) < 4.78 is 40.1. The summed E-state index contributed by atoms with van der Waals surface area (Å²) in [7, 11) is -3.75. The summed E-state index contributed by atoms with van der Waals surface area (Å²) in [6.07, 6.45) is 1.68. The summed E-state index contributed by atoms with van der Waals surface area (Å²) in [4.78, 5) is 8.99. The number of pyridine rings is 1. The van der Waals surface area contributed by atoms with Crippen LogP contribution in [0.15, 0.2) is 47.5 Å². The lowest BCUT2D eigenvalue weighted by Gasteiger charge is -2.34. The Morgan fingerprint density at radius 3 is 2.54 bits per heavy atom. The Kier molecular flexibility index (Phi) is 5.85. The van der Waals surface area contributed by atoms with Crippen LogP contribution in [0.2, 0.25) is 0 Å². The lowest BCUT2D eigenvalue weighted by Crippen LogP contribution is -2.46. The van der Waals surface area contributed by atoms with Gasteiger partial charge in [-0.25, -0.2) is 22.5 Å². The number of nitrogens with one attached hydrogen (secondary N) is 1. The first kappa shape index (κ1) is 18.8. The molecule has 2 heterocycles. The molecule has 1 aliphatic heterocycles. The van der Waals surface area contributed by atoms with Crippen LogP contribution in [0.25, 0.3) is 0 Å². The Morgan fingerprint density at radius 1 is 1.15 bits per heavy atom. The number of likely N-dealkylation sites (N-methyl/N-ethyl adjacent to an activating group) is 1. The van der Waals surface area contributed by atoms with Crippen molar-refractivity contribution in [2.45, 2.75) is 18.4 Å². The first-order chi connectivity index (χ1) is 12.5. The summed E-state index contributed by atoms with van der Waals surface area (Å²) in [5.74, 6) is 0.319. The molecule has 1 saturated heterocycles. The van der Waals surface area contributed by atoms with Crippen molar-refractivity contribution in [3.63, 3.8) is 0 Å². The molecule has 140 valence electrons. The summed E-state index contributed by atoms with van der Waals surface area (Å²) >= 11 is 0. The number of piperazine rings is 1. The highest BCUT2D eigenvalue weighted by atomic mass is 32.2. The van der Waals surface area contributed by atoms with Crippen LogP contribution in [0.5, 0.6) is 0 Å². The fourth-order valence-corrected chi connectivity index (χ4v) is 3.95. The number of anilines is 1. The lowest BCUT2D eigenvalue weighted by atomic mass is 10.2. The Bertz CT molecular complexity index is 835. The molecule has 1 fully saturated rings. The van der Waals surface area contributed by atoms with Gasteiger partial charge in [-0.15, -0.1) is 0 Å². The number of sulfonamides is 1. The van der Waals surface area contributed by atoms with E-state index in [-0.39, 0.29) is 11.4 Å². The Morgan fingerprint density at radius 2 is 1.92 bits per heavy atom. The third-order valence-corrected chi connectivity index (χ3v) is 5.92. The van der Waals surface area contributed by atoms with Crippen LogP contribution in [-0.4, -0.2) is 51.0 Å². The maximum atomic E-state index is 13.2. The number of halogens is 1. The van der Waals surface area contributed by atoms with E-state index in [0.717, 1.165) is 50.2 Å². The minimum atomic E-state index is -3.75. The predicted octanol–water partition coefficient (Wildman–Crippen LogP) is 1.84. The molecule has 1 aromatic carbocycles. The topological polar surface area (TPSA) is 65.5 Å². The maximum Gasteiger partial charge on any atom is 0.240 e. The smallest absolute Gasteiger partial charge is 0.240 e. The summed E-state index contributed by atoms with van der Waals surface area (Å²) in [6, 6.07) is 8.72. The van der Waals surface area contributed by atoms with Gasteiger partial charge in [-0.1, -0.05) is 19.1 Å². The van der Waals surface area contributed by atoms with E-state index in [1.165, 1.54) is 18.2 Å². The molecule has 6 nitrogen and oxygen atoms in total. The molecule has 3 rings (SSSR count). The summed E-state index contributed by atoms with van der Waals surface area (Å²) in [5.41, 5.74) is 0.751. The maximum absolute atomic E-state index is 13.2. The number of benzene rings is 1. The molecule has 2 aromatic rings. The first-order valence-corrected chi connectivity index (χ1v) is 10.1. The second-order valence-electron chi connectivity index (χ2n) is 6.23. The molecular formula is C18H23FN4O2S. The average molecular weight is 378 g/mol. The van der Waals surface area contributed by atoms with Crippen molar-refractivity contribution >= 4 is 15.8 Å². The third-order valence-electron chi connectivity index (χ3n) is 4.53. The van der Waals surface area contributed by atoms with Crippen molar-refractivity contribution in [1.82, 2.24) is 14.6 Å². The Balaban J connectivity index is 1.59. The van der Waals surface area contributed by atoms with E-state index in [4.69, 9.17) is 0 Å². The van der Waals surface area contributed by atoms with E-state index >= 15 is 0 Å². The predicted molar refractivity (Wildman–Crippen MR) is 99.0 cm³/mol. The molecule has 26 heavy (non-hydrogen) atoms. The molecule has 0 amide bonds. The zero-order chi connectivity index (χ0) is 18.6.